The molecule has 1 aromatic carbocycles. The minimum atomic E-state index is 0.0864. The highest BCUT2D eigenvalue weighted by atomic mass is 16.2. The van der Waals surface area contributed by atoms with Crippen LogP contribution >= 0.6 is 0 Å². The van der Waals surface area contributed by atoms with Crippen LogP contribution in [0.2, 0.25) is 0 Å². The van der Waals surface area contributed by atoms with Gasteiger partial charge in [0.05, 0.1) is 26.2 Å². The highest BCUT2D eigenvalue weighted by Gasteiger charge is 2.22. The zero-order valence-corrected chi connectivity index (χ0v) is 10.6. The van der Waals surface area contributed by atoms with Gasteiger partial charge in [0.1, 0.15) is 0 Å². The van der Waals surface area contributed by atoms with Crippen molar-refractivity contribution in [3.63, 3.8) is 0 Å². The van der Waals surface area contributed by atoms with Crippen LogP contribution in [0.25, 0.3) is 0 Å². The molecule has 1 aromatic rings. The van der Waals surface area contributed by atoms with Crippen molar-refractivity contribution >= 4 is 11.9 Å². The van der Waals surface area contributed by atoms with E-state index < -0.39 is 0 Å². The Morgan fingerprint density at radius 1 is 1.22 bits per heavy atom. The summed E-state index contributed by atoms with van der Waals surface area (Å²) in [7, 11) is 0. The molecule has 0 saturated carbocycles. The number of carbonyl (C=O) groups is 1. The van der Waals surface area contributed by atoms with Gasteiger partial charge >= 0.3 is 5.96 Å². The van der Waals surface area contributed by atoms with Crippen LogP contribution in [0.5, 0.6) is 0 Å². The van der Waals surface area contributed by atoms with Crippen LogP contribution in [0.1, 0.15) is 15.9 Å². The van der Waals surface area contributed by atoms with Crippen LogP contribution in [0.3, 0.4) is 0 Å². The Kier molecular flexibility index (Phi) is 3.50. The largest absolute Gasteiger partial charge is 0.341 e. The van der Waals surface area contributed by atoms with Crippen LogP contribution in [0.15, 0.2) is 24.3 Å². The summed E-state index contributed by atoms with van der Waals surface area (Å²) in [6.45, 7) is 4.66. The molecular formula is C13H19N4O+. The third-order valence-electron chi connectivity index (χ3n) is 3.31. The number of amides is 1. The Morgan fingerprint density at radius 3 is 2.39 bits per heavy atom. The van der Waals surface area contributed by atoms with E-state index in [0.29, 0.717) is 32.1 Å². The number of carbonyl (C=O) groups excluding carboxylic acids is 1. The third-order valence-corrected chi connectivity index (χ3v) is 3.31. The minimum Gasteiger partial charge on any atom is -0.332 e. The molecule has 5 heteroatoms. The maximum Gasteiger partial charge on any atom is 0.341 e. The summed E-state index contributed by atoms with van der Waals surface area (Å²) in [4.78, 5) is 14.2. The molecule has 0 spiro atoms. The molecule has 2 rings (SSSR count). The van der Waals surface area contributed by atoms with E-state index in [4.69, 9.17) is 11.5 Å². The lowest BCUT2D eigenvalue weighted by molar-refractivity contribution is -0.539. The average Bonchev–Trinajstić information content (AvgIpc) is 2.38. The standard InChI is InChI=1S/C13H18N4O/c1-10-4-2-3-5-11(10)12(18)16-6-8-17(9-7-16)13(14)15/h2-5H,6-9H2,1H3,(H3,14,15)/p+1. The predicted molar refractivity (Wildman–Crippen MR) is 70.5 cm³/mol. The zero-order valence-electron chi connectivity index (χ0n) is 10.6. The fourth-order valence-corrected chi connectivity index (χ4v) is 2.15. The van der Waals surface area contributed by atoms with Crippen molar-refractivity contribution < 1.29 is 9.37 Å². The quantitative estimate of drug-likeness (QED) is 0.530. The zero-order chi connectivity index (χ0) is 13.1. The van der Waals surface area contributed by atoms with Gasteiger partial charge in [-0.25, -0.2) is 0 Å². The molecule has 1 saturated heterocycles. The van der Waals surface area contributed by atoms with Gasteiger partial charge in [-0.05, 0) is 18.6 Å². The first-order chi connectivity index (χ1) is 8.59. The van der Waals surface area contributed by atoms with E-state index in [1.807, 2.05) is 40.7 Å². The molecule has 1 heterocycles. The lowest BCUT2D eigenvalue weighted by Crippen LogP contribution is -2.49. The van der Waals surface area contributed by atoms with E-state index >= 15 is 0 Å². The molecule has 0 atom stereocenters. The van der Waals surface area contributed by atoms with Gasteiger partial charge in [-0.15, -0.1) is 0 Å². The third kappa shape index (κ3) is 2.45. The topological polar surface area (TPSA) is 75.4 Å². The number of guanidine groups is 1. The van der Waals surface area contributed by atoms with Gasteiger partial charge in [-0.1, -0.05) is 18.2 Å². The maximum absolute atomic E-state index is 12.3. The van der Waals surface area contributed by atoms with Gasteiger partial charge in [-0.2, -0.15) is 0 Å². The fraction of sp³-hybridized carbons (Fsp3) is 0.385. The molecule has 0 aliphatic carbocycles. The lowest BCUT2D eigenvalue weighted by Gasteiger charge is -2.28. The predicted octanol–water partition coefficient (Wildman–Crippen LogP) is -0.263. The minimum absolute atomic E-state index is 0.0864. The molecule has 5 nitrogen and oxygen atoms in total. The highest BCUT2D eigenvalue weighted by molar-refractivity contribution is 5.95. The summed E-state index contributed by atoms with van der Waals surface area (Å²) < 4.78 is 1.89. The second-order valence-corrected chi connectivity index (χ2v) is 4.52. The molecule has 1 fully saturated rings. The summed E-state index contributed by atoms with van der Waals surface area (Å²) in [6, 6.07) is 7.65. The normalized spacial score (nSPS) is 15.6. The van der Waals surface area contributed by atoms with Crippen molar-refractivity contribution in [2.45, 2.75) is 6.92 Å². The van der Waals surface area contributed by atoms with Crippen molar-refractivity contribution in [2.75, 3.05) is 26.2 Å². The first kappa shape index (κ1) is 12.4. The van der Waals surface area contributed by atoms with E-state index in [0.717, 1.165) is 11.1 Å². The number of nitrogens with zero attached hydrogens (tertiary/aromatic N) is 2. The van der Waals surface area contributed by atoms with Crippen LogP contribution < -0.4 is 11.5 Å². The van der Waals surface area contributed by atoms with Crippen LogP contribution in [0, 0.1) is 6.92 Å². The van der Waals surface area contributed by atoms with Crippen LogP contribution in [-0.2, 0) is 0 Å². The Bertz CT molecular complexity index is 482. The number of hydrogen-bond donors (Lipinski definition) is 2. The Balaban J connectivity index is 2.09. The van der Waals surface area contributed by atoms with Crippen molar-refractivity contribution in [1.29, 1.82) is 0 Å². The molecule has 96 valence electrons. The molecule has 1 amide bonds. The number of benzene rings is 1. The Labute approximate surface area is 107 Å². The average molecular weight is 247 g/mol. The van der Waals surface area contributed by atoms with E-state index in [2.05, 4.69) is 0 Å². The smallest absolute Gasteiger partial charge is 0.332 e. The Hall–Kier alpha value is -2.04. The molecule has 1 aliphatic heterocycles. The molecule has 1 aliphatic rings. The van der Waals surface area contributed by atoms with Crippen molar-refractivity contribution in [3.8, 4) is 0 Å². The molecule has 4 N–H and O–H groups in total. The molecule has 0 bridgehead atoms. The lowest BCUT2D eigenvalue weighted by atomic mass is 10.1. The molecule has 0 aromatic heterocycles. The number of nitrogens with two attached hydrogens (primary N) is 2. The van der Waals surface area contributed by atoms with Gasteiger partial charge in [0.25, 0.3) is 5.91 Å². The van der Waals surface area contributed by atoms with Gasteiger partial charge in [0.2, 0.25) is 0 Å². The van der Waals surface area contributed by atoms with Crippen molar-refractivity contribution in [2.24, 2.45) is 11.5 Å². The molecule has 0 radical (unpaired) electrons. The SMILES string of the molecule is Cc1ccccc1C(=O)N1CC[N+](=C(N)N)CC1. The van der Waals surface area contributed by atoms with Gasteiger partial charge in [0.15, 0.2) is 0 Å². The Morgan fingerprint density at radius 2 is 1.83 bits per heavy atom. The molecule has 0 unspecified atom stereocenters. The van der Waals surface area contributed by atoms with Crippen molar-refractivity contribution in [3.05, 3.63) is 35.4 Å². The second-order valence-electron chi connectivity index (χ2n) is 4.52. The number of hydrogen-bond acceptors (Lipinski definition) is 1. The van der Waals surface area contributed by atoms with Gasteiger partial charge in [-0.3, -0.25) is 20.8 Å². The number of aryl methyl sites for hydroxylation is 1. The van der Waals surface area contributed by atoms with Crippen molar-refractivity contribution in [1.82, 2.24) is 4.90 Å². The summed E-state index contributed by atoms with van der Waals surface area (Å²) in [5.41, 5.74) is 12.9. The van der Waals surface area contributed by atoms with E-state index in [9.17, 15) is 4.79 Å². The fourth-order valence-electron chi connectivity index (χ4n) is 2.15. The highest BCUT2D eigenvalue weighted by Crippen LogP contribution is 2.11. The monoisotopic (exact) mass is 247 g/mol. The maximum atomic E-state index is 12.3. The number of rotatable bonds is 1. The van der Waals surface area contributed by atoms with E-state index in [1.165, 1.54) is 0 Å². The van der Waals surface area contributed by atoms with Crippen LogP contribution in [0.4, 0.5) is 0 Å². The van der Waals surface area contributed by atoms with Crippen LogP contribution in [-0.4, -0.2) is 47.5 Å². The summed E-state index contributed by atoms with van der Waals surface area (Å²) >= 11 is 0. The number of piperazine rings is 1. The van der Waals surface area contributed by atoms with E-state index in [1.54, 1.807) is 0 Å². The molecular weight excluding hydrogens is 228 g/mol. The van der Waals surface area contributed by atoms with E-state index in [-0.39, 0.29) is 5.91 Å². The second kappa shape index (κ2) is 5.08. The summed E-state index contributed by atoms with van der Waals surface area (Å²) in [5, 5.41) is 0. The molecule has 18 heavy (non-hydrogen) atoms. The summed E-state index contributed by atoms with van der Waals surface area (Å²) in [5.74, 6) is 0.418. The first-order valence-electron chi connectivity index (χ1n) is 6.07. The first-order valence-corrected chi connectivity index (χ1v) is 6.07. The van der Waals surface area contributed by atoms with Gasteiger partial charge in [0, 0.05) is 5.56 Å². The summed E-state index contributed by atoms with van der Waals surface area (Å²) in [6.07, 6.45) is 0. The van der Waals surface area contributed by atoms with Gasteiger partial charge < -0.3 is 4.90 Å².